The van der Waals surface area contributed by atoms with Crippen molar-refractivity contribution in [1.29, 1.82) is 0 Å². The maximum absolute atomic E-state index is 2.51. The molecule has 0 bridgehead atoms. The first kappa shape index (κ1) is 4.76. The standard InChI is InChI=1S/C9H14/c1-8-4-3-6-5-7(8)9(6,8)2/h6-7H,3-5H2,1-2H3/t6?,7?,8-,9?/m0/s1. The molecule has 9 heavy (non-hydrogen) atoms. The van der Waals surface area contributed by atoms with Crippen molar-refractivity contribution >= 4 is 0 Å². The summed E-state index contributed by atoms with van der Waals surface area (Å²) in [5, 5.41) is 0. The Labute approximate surface area is 56.6 Å². The normalized spacial score (nSPS) is 75.3. The first-order chi connectivity index (χ1) is 4.19. The largest absolute Gasteiger partial charge is 0.0588 e. The summed E-state index contributed by atoms with van der Waals surface area (Å²) in [6.07, 6.45) is 4.66. The third-order valence-electron chi connectivity index (χ3n) is 5.02. The minimum Gasteiger partial charge on any atom is -0.0588 e. The zero-order chi connectivity index (χ0) is 6.28. The lowest BCUT2D eigenvalue weighted by molar-refractivity contribution is 0.179. The van der Waals surface area contributed by atoms with Gasteiger partial charge >= 0.3 is 0 Å². The zero-order valence-electron chi connectivity index (χ0n) is 6.28. The van der Waals surface area contributed by atoms with E-state index >= 15 is 0 Å². The van der Waals surface area contributed by atoms with Crippen molar-refractivity contribution < 1.29 is 0 Å². The van der Waals surface area contributed by atoms with Crippen LogP contribution in [0, 0.1) is 22.7 Å². The SMILES string of the molecule is CC12C3CC[C@@]1(C)C2C3. The summed E-state index contributed by atoms with van der Waals surface area (Å²) in [5.74, 6) is 2.30. The molecule has 0 heterocycles. The molecule has 4 atom stereocenters. The van der Waals surface area contributed by atoms with E-state index in [9.17, 15) is 0 Å². The zero-order valence-corrected chi connectivity index (χ0v) is 6.28. The summed E-state index contributed by atoms with van der Waals surface area (Å²) in [7, 11) is 0. The van der Waals surface area contributed by atoms with Gasteiger partial charge in [0.1, 0.15) is 0 Å². The summed E-state index contributed by atoms with van der Waals surface area (Å²) < 4.78 is 0. The number of rotatable bonds is 0. The molecule has 0 aromatic heterocycles. The molecule has 3 fully saturated rings. The smallest absolute Gasteiger partial charge is 0.0207 e. The maximum atomic E-state index is 2.51. The van der Waals surface area contributed by atoms with Gasteiger partial charge in [0.15, 0.2) is 0 Å². The van der Waals surface area contributed by atoms with E-state index < -0.39 is 0 Å². The van der Waals surface area contributed by atoms with Gasteiger partial charge in [-0.1, -0.05) is 13.8 Å². The first-order valence-corrected chi connectivity index (χ1v) is 4.19. The molecule has 3 rings (SSSR count). The van der Waals surface area contributed by atoms with Crippen molar-refractivity contribution in [2.24, 2.45) is 22.7 Å². The third kappa shape index (κ3) is 0.235. The highest BCUT2D eigenvalue weighted by atomic mass is 14.9. The second-order valence-corrected chi connectivity index (χ2v) is 4.72. The van der Waals surface area contributed by atoms with Crippen molar-refractivity contribution in [3.8, 4) is 0 Å². The summed E-state index contributed by atoms with van der Waals surface area (Å²) >= 11 is 0. The predicted octanol–water partition coefficient (Wildman–Crippen LogP) is 2.44. The van der Waals surface area contributed by atoms with E-state index in [0.29, 0.717) is 0 Å². The van der Waals surface area contributed by atoms with Crippen LogP contribution in [0.4, 0.5) is 0 Å². The van der Waals surface area contributed by atoms with Crippen molar-refractivity contribution in [3.05, 3.63) is 0 Å². The van der Waals surface area contributed by atoms with E-state index in [4.69, 9.17) is 0 Å². The molecule has 0 amide bonds. The fourth-order valence-electron chi connectivity index (χ4n) is 3.98. The van der Waals surface area contributed by atoms with E-state index in [0.717, 1.165) is 22.7 Å². The summed E-state index contributed by atoms with van der Waals surface area (Å²) in [6, 6.07) is 0. The average molecular weight is 122 g/mol. The Hall–Kier alpha value is 0. The average Bonchev–Trinajstić information content (AvgIpc) is 2.07. The van der Waals surface area contributed by atoms with Crippen molar-refractivity contribution in [1.82, 2.24) is 0 Å². The topological polar surface area (TPSA) is 0 Å². The van der Waals surface area contributed by atoms with Crippen LogP contribution in [0.2, 0.25) is 0 Å². The highest BCUT2D eigenvalue weighted by molar-refractivity contribution is 5.30. The Morgan fingerprint density at radius 1 is 1.33 bits per heavy atom. The van der Waals surface area contributed by atoms with Crippen molar-refractivity contribution in [2.75, 3.05) is 0 Å². The lowest BCUT2D eigenvalue weighted by atomic mass is 9.74. The summed E-state index contributed by atoms with van der Waals surface area (Å²) in [5.41, 5.74) is 1.69. The monoisotopic (exact) mass is 122 g/mol. The van der Waals surface area contributed by atoms with Crippen LogP contribution >= 0.6 is 0 Å². The van der Waals surface area contributed by atoms with Gasteiger partial charge in [0.25, 0.3) is 0 Å². The first-order valence-electron chi connectivity index (χ1n) is 4.19. The Kier molecular flexibility index (Phi) is 0.470. The van der Waals surface area contributed by atoms with Gasteiger partial charge in [-0.2, -0.15) is 0 Å². The molecule has 0 spiro atoms. The predicted molar refractivity (Wildman–Crippen MR) is 37.0 cm³/mol. The van der Waals surface area contributed by atoms with Crippen LogP contribution in [0.1, 0.15) is 33.1 Å². The van der Waals surface area contributed by atoms with E-state index in [2.05, 4.69) is 13.8 Å². The van der Waals surface area contributed by atoms with Crippen LogP contribution in [0.5, 0.6) is 0 Å². The number of hydrogen-bond acceptors (Lipinski definition) is 0. The molecule has 0 saturated heterocycles. The fraction of sp³-hybridized carbons (Fsp3) is 1.00. The van der Waals surface area contributed by atoms with E-state index in [1.54, 1.807) is 19.3 Å². The van der Waals surface area contributed by atoms with Crippen LogP contribution < -0.4 is 0 Å². The van der Waals surface area contributed by atoms with Gasteiger partial charge in [-0.3, -0.25) is 0 Å². The molecule has 0 aromatic rings. The van der Waals surface area contributed by atoms with Crippen LogP contribution in [-0.2, 0) is 0 Å². The molecule has 0 radical (unpaired) electrons. The Morgan fingerprint density at radius 3 is 2.22 bits per heavy atom. The second-order valence-electron chi connectivity index (χ2n) is 4.72. The van der Waals surface area contributed by atoms with Gasteiger partial charge in [-0.15, -0.1) is 0 Å². The Bertz CT molecular complexity index is 165. The van der Waals surface area contributed by atoms with Gasteiger partial charge in [0.2, 0.25) is 0 Å². The molecule has 0 aliphatic heterocycles. The molecule has 3 aliphatic carbocycles. The van der Waals surface area contributed by atoms with E-state index in [1.165, 1.54) is 0 Å². The van der Waals surface area contributed by atoms with Crippen LogP contribution in [0.15, 0.2) is 0 Å². The molecule has 3 aliphatic rings. The Balaban J connectivity index is 2.13. The maximum Gasteiger partial charge on any atom is -0.0207 e. The fourth-order valence-corrected chi connectivity index (χ4v) is 3.98. The molecular weight excluding hydrogens is 108 g/mol. The number of hydrogen-bond donors (Lipinski definition) is 0. The highest BCUT2D eigenvalue weighted by Crippen LogP contribution is 2.89. The van der Waals surface area contributed by atoms with Gasteiger partial charge < -0.3 is 0 Å². The third-order valence-corrected chi connectivity index (χ3v) is 5.02. The molecule has 0 N–H and O–H groups in total. The Morgan fingerprint density at radius 2 is 2.11 bits per heavy atom. The summed E-state index contributed by atoms with van der Waals surface area (Å²) in [4.78, 5) is 0. The minimum absolute atomic E-state index is 0.831. The molecule has 3 unspecified atom stereocenters. The lowest BCUT2D eigenvalue weighted by Gasteiger charge is -2.31. The van der Waals surface area contributed by atoms with Gasteiger partial charge in [-0.05, 0) is 41.9 Å². The number of fused-ring (bicyclic) bond motifs is 1. The lowest BCUT2D eigenvalue weighted by Crippen LogP contribution is -2.23. The van der Waals surface area contributed by atoms with Crippen LogP contribution in [0.3, 0.4) is 0 Å². The van der Waals surface area contributed by atoms with E-state index in [-0.39, 0.29) is 0 Å². The highest BCUT2D eigenvalue weighted by Gasteiger charge is 2.82. The molecule has 0 aromatic carbocycles. The van der Waals surface area contributed by atoms with Crippen molar-refractivity contribution in [2.45, 2.75) is 33.1 Å². The van der Waals surface area contributed by atoms with Crippen LogP contribution in [-0.4, -0.2) is 0 Å². The quantitative estimate of drug-likeness (QED) is 0.463. The summed E-state index contributed by atoms with van der Waals surface area (Å²) in [6.45, 7) is 5.02. The van der Waals surface area contributed by atoms with E-state index in [1.807, 2.05) is 0 Å². The van der Waals surface area contributed by atoms with Gasteiger partial charge in [0.05, 0.1) is 0 Å². The van der Waals surface area contributed by atoms with Gasteiger partial charge in [-0.25, -0.2) is 0 Å². The second kappa shape index (κ2) is 0.889. The molecular formula is C9H14. The molecule has 50 valence electrons. The van der Waals surface area contributed by atoms with Crippen molar-refractivity contribution in [3.63, 3.8) is 0 Å². The molecule has 3 saturated carbocycles. The van der Waals surface area contributed by atoms with Gasteiger partial charge in [0, 0.05) is 0 Å². The van der Waals surface area contributed by atoms with Crippen LogP contribution in [0.25, 0.3) is 0 Å². The minimum atomic E-state index is 0.831. The molecule has 0 heteroatoms. The molecule has 0 nitrogen and oxygen atoms in total.